The zero-order chi connectivity index (χ0) is 13.8. The molecule has 0 radical (unpaired) electrons. The molecule has 19 heavy (non-hydrogen) atoms. The summed E-state index contributed by atoms with van der Waals surface area (Å²) in [5.41, 5.74) is 4.73. The summed E-state index contributed by atoms with van der Waals surface area (Å²) in [6, 6.07) is 13.6. The molecular weight excluding hydrogens is 236 g/mol. The van der Waals surface area contributed by atoms with E-state index in [1.165, 1.54) is 11.3 Å². The van der Waals surface area contributed by atoms with Gasteiger partial charge in [0.1, 0.15) is 5.75 Å². The molecule has 0 fully saturated rings. The number of aryl methyl sites for hydroxylation is 1. The number of phenolic OH excluding ortho intramolecular Hbond substituents is 1. The van der Waals surface area contributed by atoms with Gasteiger partial charge in [0.05, 0.1) is 0 Å². The molecule has 0 atom stereocenters. The van der Waals surface area contributed by atoms with Gasteiger partial charge in [0.25, 0.3) is 0 Å². The van der Waals surface area contributed by atoms with Crippen LogP contribution < -0.4 is 10.2 Å². The number of benzene rings is 2. The van der Waals surface area contributed by atoms with Gasteiger partial charge in [-0.25, -0.2) is 0 Å². The molecule has 2 aromatic rings. The smallest absolute Gasteiger partial charge is 0.115 e. The second-order valence-electron chi connectivity index (χ2n) is 4.92. The summed E-state index contributed by atoms with van der Waals surface area (Å²) in [7, 11) is 4.10. The average molecular weight is 256 g/mol. The van der Waals surface area contributed by atoms with Gasteiger partial charge < -0.3 is 15.3 Å². The summed E-state index contributed by atoms with van der Waals surface area (Å²) in [6.07, 6.45) is 0. The van der Waals surface area contributed by atoms with Crippen LogP contribution in [0.25, 0.3) is 0 Å². The first kappa shape index (κ1) is 13.3. The summed E-state index contributed by atoms with van der Waals surface area (Å²) < 4.78 is 0. The van der Waals surface area contributed by atoms with E-state index in [9.17, 15) is 5.11 Å². The Kier molecular flexibility index (Phi) is 3.95. The molecule has 0 saturated carbocycles. The number of nitrogens with one attached hydrogen (secondary N) is 1. The Morgan fingerprint density at radius 3 is 2.37 bits per heavy atom. The van der Waals surface area contributed by atoms with Crippen molar-refractivity contribution in [3.05, 3.63) is 53.6 Å². The van der Waals surface area contributed by atoms with Crippen molar-refractivity contribution in [1.29, 1.82) is 0 Å². The molecule has 0 aliphatic rings. The van der Waals surface area contributed by atoms with Crippen LogP contribution in [0, 0.1) is 6.92 Å². The predicted octanol–water partition coefficient (Wildman–Crippen LogP) is 3.38. The second kappa shape index (κ2) is 5.65. The van der Waals surface area contributed by atoms with Crippen molar-refractivity contribution in [3.8, 4) is 5.75 Å². The van der Waals surface area contributed by atoms with Crippen LogP contribution in [-0.2, 0) is 6.54 Å². The highest BCUT2D eigenvalue weighted by Gasteiger charge is 2.02. The maximum Gasteiger partial charge on any atom is 0.115 e. The normalized spacial score (nSPS) is 10.3. The lowest BCUT2D eigenvalue weighted by molar-refractivity contribution is 0.475. The van der Waals surface area contributed by atoms with E-state index in [1.807, 2.05) is 26.2 Å². The zero-order valence-corrected chi connectivity index (χ0v) is 11.6. The minimum atomic E-state index is 0.300. The average Bonchev–Trinajstić information content (AvgIpc) is 2.39. The van der Waals surface area contributed by atoms with E-state index in [0.717, 1.165) is 17.8 Å². The molecule has 100 valence electrons. The van der Waals surface area contributed by atoms with Crippen LogP contribution in [-0.4, -0.2) is 19.2 Å². The van der Waals surface area contributed by atoms with Gasteiger partial charge in [-0.05, 0) is 42.3 Å². The summed E-state index contributed by atoms with van der Waals surface area (Å²) >= 11 is 0. The first-order valence-electron chi connectivity index (χ1n) is 6.36. The van der Waals surface area contributed by atoms with Crippen molar-refractivity contribution in [3.63, 3.8) is 0 Å². The third-order valence-corrected chi connectivity index (χ3v) is 3.12. The van der Waals surface area contributed by atoms with Gasteiger partial charge in [-0.3, -0.25) is 0 Å². The van der Waals surface area contributed by atoms with Gasteiger partial charge in [-0.2, -0.15) is 0 Å². The van der Waals surface area contributed by atoms with E-state index in [-0.39, 0.29) is 0 Å². The molecule has 2 N–H and O–H groups in total. The molecule has 0 bridgehead atoms. The van der Waals surface area contributed by atoms with E-state index in [1.54, 1.807) is 12.1 Å². The molecule has 0 heterocycles. The van der Waals surface area contributed by atoms with Crippen LogP contribution in [0.1, 0.15) is 11.1 Å². The molecule has 2 rings (SSSR count). The Bertz CT molecular complexity index is 547. The summed E-state index contributed by atoms with van der Waals surface area (Å²) in [6.45, 7) is 2.86. The molecule has 0 aliphatic carbocycles. The van der Waals surface area contributed by atoms with Gasteiger partial charge in [-0.1, -0.05) is 18.2 Å². The van der Waals surface area contributed by atoms with Crippen LogP contribution in [0.15, 0.2) is 42.5 Å². The van der Waals surface area contributed by atoms with Crippen molar-refractivity contribution < 1.29 is 5.11 Å². The molecule has 3 nitrogen and oxygen atoms in total. The molecule has 0 amide bonds. The Labute approximate surface area is 114 Å². The van der Waals surface area contributed by atoms with Crippen molar-refractivity contribution in [2.75, 3.05) is 24.3 Å². The number of nitrogens with zero attached hydrogens (tertiary/aromatic N) is 1. The Morgan fingerprint density at radius 1 is 1.05 bits per heavy atom. The maximum atomic E-state index is 9.24. The molecule has 0 aromatic heterocycles. The first-order chi connectivity index (χ1) is 9.06. The van der Waals surface area contributed by atoms with E-state index in [2.05, 4.69) is 35.3 Å². The van der Waals surface area contributed by atoms with Crippen molar-refractivity contribution in [2.24, 2.45) is 0 Å². The monoisotopic (exact) mass is 256 g/mol. The fourth-order valence-corrected chi connectivity index (χ4v) is 2.02. The fourth-order valence-electron chi connectivity index (χ4n) is 2.02. The number of rotatable bonds is 4. The molecular formula is C16H20N2O. The van der Waals surface area contributed by atoms with Gasteiger partial charge in [-0.15, -0.1) is 0 Å². The van der Waals surface area contributed by atoms with Crippen LogP contribution in [0.2, 0.25) is 0 Å². The molecule has 0 saturated heterocycles. The predicted molar refractivity (Wildman–Crippen MR) is 80.9 cm³/mol. The number of hydrogen-bond acceptors (Lipinski definition) is 3. The topological polar surface area (TPSA) is 35.5 Å². The number of anilines is 2. The maximum absolute atomic E-state index is 9.24. The van der Waals surface area contributed by atoms with Gasteiger partial charge >= 0.3 is 0 Å². The SMILES string of the molecule is Cc1ccc(NCc2ccc(O)cc2)cc1N(C)C. The van der Waals surface area contributed by atoms with E-state index in [0.29, 0.717) is 5.75 Å². The minimum absolute atomic E-state index is 0.300. The van der Waals surface area contributed by atoms with Gasteiger partial charge in [0.2, 0.25) is 0 Å². The van der Waals surface area contributed by atoms with Crippen molar-refractivity contribution in [2.45, 2.75) is 13.5 Å². The third-order valence-electron chi connectivity index (χ3n) is 3.12. The lowest BCUT2D eigenvalue weighted by Gasteiger charge is -2.17. The third kappa shape index (κ3) is 3.41. The zero-order valence-electron chi connectivity index (χ0n) is 11.6. The largest absolute Gasteiger partial charge is 0.508 e. The highest BCUT2D eigenvalue weighted by molar-refractivity contribution is 5.61. The Morgan fingerprint density at radius 2 is 1.74 bits per heavy atom. The number of hydrogen-bond donors (Lipinski definition) is 2. The first-order valence-corrected chi connectivity index (χ1v) is 6.36. The molecule has 0 aliphatic heterocycles. The van der Waals surface area contributed by atoms with E-state index < -0.39 is 0 Å². The van der Waals surface area contributed by atoms with Crippen LogP contribution in [0.5, 0.6) is 5.75 Å². The second-order valence-corrected chi connectivity index (χ2v) is 4.92. The van der Waals surface area contributed by atoms with Gasteiger partial charge in [0.15, 0.2) is 0 Å². The molecule has 0 spiro atoms. The van der Waals surface area contributed by atoms with Crippen molar-refractivity contribution >= 4 is 11.4 Å². The summed E-state index contributed by atoms with van der Waals surface area (Å²) in [5, 5.41) is 12.6. The van der Waals surface area contributed by atoms with E-state index >= 15 is 0 Å². The number of aromatic hydroxyl groups is 1. The fraction of sp³-hybridized carbons (Fsp3) is 0.250. The van der Waals surface area contributed by atoms with Crippen LogP contribution in [0.4, 0.5) is 11.4 Å². The van der Waals surface area contributed by atoms with E-state index in [4.69, 9.17) is 0 Å². The van der Waals surface area contributed by atoms with Crippen molar-refractivity contribution in [1.82, 2.24) is 0 Å². The molecule has 3 heteroatoms. The van der Waals surface area contributed by atoms with Gasteiger partial charge in [0, 0.05) is 32.0 Å². The summed E-state index contributed by atoms with van der Waals surface area (Å²) in [4.78, 5) is 2.11. The lowest BCUT2D eigenvalue weighted by atomic mass is 10.1. The lowest BCUT2D eigenvalue weighted by Crippen LogP contribution is -2.10. The highest BCUT2D eigenvalue weighted by Crippen LogP contribution is 2.23. The summed E-state index contributed by atoms with van der Waals surface area (Å²) in [5.74, 6) is 0.300. The Hall–Kier alpha value is -2.16. The molecule has 0 unspecified atom stereocenters. The molecule has 2 aromatic carbocycles. The van der Waals surface area contributed by atoms with Crippen LogP contribution >= 0.6 is 0 Å². The number of phenols is 1. The highest BCUT2D eigenvalue weighted by atomic mass is 16.3. The van der Waals surface area contributed by atoms with Crippen LogP contribution in [0.3, 0.4) is 0 Å². The quantitative estimate of drug-likeness (QED) is 0.880. The standard InChI is InChI=1S/C16H20N2O/c1-12-4-7-14(10-16(12)18(2)3)17-11-13-5-8-15(19)9-6-13/h4-10,17,19H,11H2,1-3H3. The minimum Gasteiger partial charge on any atom is -0.508 e. The Balaban J connectivity index is 2.07.